The predicted octanol–water partition coefficient (Wildman–Crippen LogP) is 1.99. The van der Waals surface area contributed by atoms with Crippen LogP contribution in [0, 0.1) is 5.92 Å². The summed E-state index contributed by atoms with van der Waals surface area (Å²) in [5.41, 5.74) is 0.623. The van der Waals surface area contributed by atoms with Gasteiger partial charge in [-0.2, -0.15) is 0 Å². The lowest BCUT2D eigenvalue weighted by molar-refractivity contribution is -0.138. The van der Waals surface area contributed by atoms with Gasteiger partial charge in [-0.15, -0.1) is 5.10 Å². The summed E-state index contributed by atoms with van der Waals surface area (Å²) in [5.74, 6) is 0.0580. The summed E-state index contributed by atoms with van der Waals surface area (Å²) in [4.78, 5) is 23.3. The second kappa shape index (κ2) is 8.66. The molecule has 2 N–H and O–H groups in total. The SMILES string of the molecule is CC(C)COc1ccc(C(C)(C)C(=O)NCc2cn(CC(=O)O)nn2)cc1. The zero-order valence-electron chi connectivity index (χ0n) is 16.1. The fourth-order valence-corrected chi connectivity index (χ4v) is 2.39. The normalized spacial score (nSPS) is 11.4. The van der Waals surface area contributed by atoms with Crippen LogP contribution in [0.1, 0.15) is 39.0 Å². The Morgan fingerprint density at radius 2 is 1.93 bits per heavy atom. The van der Waals surface area contributed by atoms with Crippen molar-refractivity contribution in [1.29, 1.82) is 0 Å². The zero-order chi connectivity index (χ0) is 20.0. The van der Waals surface area contributed by atoms with E-state index in [1.54, 1.807) is 0 Å². The third-order valence-electron chi connectivity index (χ3n) is 4.04. The first-order valence-electron chi connectivity index (χ1n) is 8.81. The van der Waals surface area contributed by atoms with E-state index in [9.17, 15) is 9.59 Å². The average Bonchev–Trinajstić information content (AvgIpc) is 3.04. The molecule has 8 heteroatoms. The van der Waals surface area contributed by atoms with Crippen molar-refractivity contribution in [2.75, 3.05) is 6.61 Å². The van der Waals surface area contributed by atoms with E-state index in [0.29, 0.717) is 18.2 Å². The molecule has 0 aliphatic heterocycles. The third kappa shape index (κ3) is 5.80. The highest BCUT2D eigenvalue weighted by molar-refractivity contribution is 5.87. The van der Waals surface area contributed by atoms with Crippen LogP contribution in [0.25, 0.3) is 0 Å². The molecule has 0 spiro atoms. The molecule has 8 nitrogen and oxygen atoms in total. The average molecular weight is 374 g/mol. The summed E-state index contributed by atoms with van der Waals surface area (Å²) in [6.45, 7) is 8.41. The van der Waals surface area contributed by atoms with Gasteiger partial charge in [0.05, 0.1) is 24.8 Å². The number of hydrogen-bond acceptors (Lipinski definition) is 5. The molecule has 1 aromatic heterocycles. The van der Waals surface area contributed by atoms with Crippen LogP contribution in [-0.4, -0.2) is 38.6 Å². The van der Waals surface area contributed by atoms with Crippen molar-refractivity contribution in [3.05, 3.63) is 41.7 Å². The maximum atomic E-state index is 12.6. The number of nitrogens with one attached hydrogen (secondary N) is 1. The van der Waals surface area contributed by atoms with E-state index in [-0.39, 0.29) is 19.0 Å². The summed E-state index contributed by atoms with van der Waals surface area (Å²) in [6.07, 6.45) is 1.50. The first kappa shape index (κ1) is 20.4. The van der Waals surface area contributed by atoms with Gasteiger partial charge in [0.15, 0.2) is 0 Å². The van der Waals surface area contributed by atoms with Gasteiger partial charge >= 0.3 is 5.97 Å². The maximum Gasteiger partial charge on any atom is 0.325 e. The van der Waals surface area contributed by atoms with E-state index >= 15 is 0 Å². The van der Waals surface area contributed by atoms with Crippen molar-refractivity contribution >= 4 is 11.9 Å². The van der Waals surface area contributed by atoms with Gasteiger partial charge in [0, 0.05) is 0 Å². The molecule has 27 heavy (non-hydrogen) atoms. The lowest BCUT2D eigenvalue weighted by atomic mass is 9.83. The van der Waals surface area contributed by atoms with E-state index in [1.165, 1.54) is 10.9 Å². The van der Waals surface area contributed by atoms with Crippen LogP contribution in [-0.2, 0) is 28.1 Å². The molecule has 0 radical (unpaired) electrons. The lowest BCUT2D eigenvalue weighted by Crippen LogP contribution is -2.39. The molecular weight excluding hydrogens is 348 g/mol. The molecule has 2 rings (SSSR count). The fraction of sp³-hybridized carbons (Fsp3) is 0.474. The number of carbonyl (C=O) groups is 2. The Morgan fingerprint density at radius 1 is 1.26 bits per heavy atom. The zero-order valence-corrected chi connectivity index (χ0v) is 16.1. The molecule has 2 aromatic rings. The van der Waals surface area contributed by atoms with E-state index in [1.807, 2.05) is 38.1 Å². The third-order valence-corrected chi connectivity index (χ3v) is 4.04. The molecule has 0 aliphatic carbocycles. The topological polar surface area (TPSA) is 106 Å². The first-order chi connectivity index (χ1) is 12.7. The highest BCUT2D eigenvalue weighted by atomic mass is 16.5. The number of hydrogen-bond donors (Lipinski definition) is 2. The van der Waals surface area contributed by atoms with Crippen LogP contribution in [0.3, 0.4) is 0 Å². The number of ether oxygens (including phenoxy) is 1. The largest absolute Gasteiger partial charge is 0.493 e. The minimum atomic E-state index is -1.00. The molecule has 1 aromatic carbocycles. The quantitative estimate of drug-likeness (QED) is 0.695. The molecule has 0 aliphatic rings. The van der Waals surface area contributed by atoms with Crippen LogP contribution < -0.4 is 10.1 Å². The van der Waals surface area contributed by atoms with Gasteiger partial charge in [-0.3, -0.25) is 9.59 Å². The Labute approximate surface area is 158 Å². The Bertz CT molecular complexity index is 781. The predicted molar refractivity (Wildman–Crippen MR) is 99.3 cm³/mol. The van der Waals surface area contributed by atoms with Gasteiger partial charge in [0.25, 0.3) is 0 Å². The first-order valence-corrected chi connectivity index (χ1v) is 8.81. The van der Waals surface area contributed by atoms with Crippen LogP contribution >= 0.6 is 0 Å². The van der Waals surface area contributed by atoms with Crippen molar-refractivity contribution in [2.45, 2.75) is 46.2 Å². The van der Waals surface area contributed by atoms with Crippen molar-refractivity contribution in [2.24, 2.45) is 5.92 Å². The molecule has 0 fully saturated rings. The van der Waals surface area contributed by atoms with Gasteiger partial charge in [0.2, 0.25) is 5.91 Å². The number of nitrogens with zero attached hydrogens (tertiary/aromatic N) is 3. The summed E-state index contributed by atoms with van der Waals surface area (Å²) in [5, 5.41) is 19.1. The van der Waals surface area contributed by atoms with Gasteiger partial charge < -0.3 is 15.2 Å². The molecule has 146 valence electrons. The van der Waals surface area contributed by atoms with E-state index in [2.05, 4.69) is 29.5 Å². The molecule has 1 amide bonds. The summed E-state index contributed by atoms with van der Waals surface area (Å²) in [7, 11) is 0. The summed E-state index contributed by atoms with van der Waals surface area (Å²) < 4.78 is 6.88. The second-order valence-corrected chi connectivity index (χ2v) is 7.34. The number of rotatable bonds is 9. The Hall–Kier alpha value is -2.90. The molecule has 0 unspecified atom stereocenters. The maximum absolute atomic E-state index is 12.6. The highest BCUT2D eigenvalue weighted by Crippen LogP contribution is 2.26. The van der Waals surface area contributed by atoms with E-state index in [0.717, 1.165) is 11.3 Å². The highest BCUT2D eigenvalue weighted by Gasteiger charge is 2.29. The second-order valence-electron chi connectivity index (χ2n) is 7.34. The molecule has 0 atom stereocenters. The standard InChI is InChI=1S/C19H26N4O4/c1-13(2)12-27-16-7-5-14(6-8-16)19(3,4)18(26)20-9-15-10-23(22-21-15)11-17(24)25/h5-8,10,13H,9,11-12H2,1-4H3,(H,20,26)(H,24,25). The Morgan fingerprint density at radius 3 is 2.52 bits per heavy atom. The molecule has 1 heterocycles. The van der Waals surface area contributed by atoms with Crippen molar-refractivity contribution < 1.29 is 19.4 Å². The molecule has 0 saturated carbocycles. The number of carboxylic acids is 1. The molecule has 0 saturated heterocycles. The number of aromatic nitrogens is 3. The number of carboxylic acid groups (broad SMARTS) is 1. The molecule has 0 bridgehead atoms. The number of amides is 1. The van der Waals surface area contributed by atoms with E-state index < -0.39 is 11.4 Å². The minimum absolute atomic E-state index is 0.161. The summed E-state index contributed by atoms with van der Waals surface area (Å²) in [6, 6.07) is 7.51. The Kier molecular flexibility index (Phi) is 6.55. The van der Waals surface area contributed by atoms with Gasteiger partial charge in [-0.05, 0) is 37.5 Å². The lowest BCUT2D eigenvalue weighted by Gasteiger charge is -2.24. The van der Waals surface area contributed by atoms with Crippen molar-refractivity contribution in [3.8, 4) is 5.75 Å². The smallest absolute Gasteiger partial charge is 0.325 e. The van der Waals surface area contributed by atoms with Crippen LogP contribution in [0.2, 0.25) is 0 Å². The Balaban J connectivity index is 1.95. The summed E-state index contributed by atoms with van der Waals surface area (Å²) >= 11 is 0. The fourth-order valence-electron chi connectivity index (χ4n) is 2.39. The van der Waals surface area contributed by atoms with Crippen LogP contribution in [0.4, 0.5) is 0 Å². The van der Waals surface area contributed by atoms with Crippen molar-refractivity contribution in [3.63, 3.8) is 0 Å². The number of benzene rings is 1. The van der Waals surface area contributed by atoms with E-state index in [4.69, 9.17) is 9.84 Å². The molecular formula is C19H26N4O4. The minimum Gasteiger partial charge on any atom is -0.493 e. The van der Waals surface area contributed by atoms with Crippen LogP contribution in [0.5, 0.6) is 5.75 Å². The van der Waals surface area contributed by atoms with Gasteiger partial charge in [-0.25, -0.2) is 4.68 Å². The monoisotopic (exact) mass is 374 g/mol. The van der Waals surface area contributed by atoms with Gasteiger partial charge in [0.1, 0.15) is 18.0 Å². The van der Waals surface area contributed by atoms with Gasteiger partial charge in [-0.1, -0.05) is 31.2 Å². The number of carbonyl (C=O) groups excluding carboxylic acids is 1. The van der Waals surface area contributed by atoms with Crippen LogP contribution in [0.15, 0.2) is 30.5 Å². The van der Waals surface area contributed by atoms with Crippen molar-refractivity contribution in [1.82, 2.24) is 20.3 Å². The number of aliphatic carboxylic acids is 1.